The van der Waals surface area contributed by atoms with Crippen molar-refractivity contribution in [3.8, 4) is 16.9 Å². The van der Waals surface area contributed by atoms with Crippen LogP contribution in [-0.4, -0.2) is 32.1 Å². The Hall–Kier alpha value is -2.33. The minimum absolute atomic E-state index is 0.159. The third-order valence-corrected chi connectivity index (χ3v) is 5.06. The fraction of sp³-hybridized carbons (Fsp3) is 0.409. The molecule has 0 aromatic heterocycles. The minimum atomic E-state index is -0.351. The van der Waals surface area contributed by atoms with E-state index >= 15 is 0 Å². The summed E-state index contributed by atoms with van der Waals surface area (Å²) in [6.07, 6.45) is 1.63. The zero-order valence-electron chi connectivity index (χ0n) is 15.8. The van der Waals surface area contributed by atoms with Gasteiger partial charge in [0.1, 0.15) is 5.75 Å². The first kappa shape index (κ1) is 18.5. The number of hydrogen-bond donors (Lipinski definition) is 2. The number of rotatable bonds is 6. The van der Waals surface area contributed by atoms with Gasteiger partial charge in [0.2, 0.25) is 5.91 Å². The molecule has 1 atom stereocenters. The summed E-state index contributed by atoms with van der Waals surface area (Å²) in [4.78, 5) is 12.8. The van der Waals surface area contributed by atoms with Crippen LogP contribution in [0.3, 0.4) is 0 Å². The van der Waals surface area contributed by atoms with Gasteiger partial charge in [-0.05, 0) is 50.4 Å². The fourth-order valence-corrected chi connectivity index (χ4v) is 3.66. The van der Waals surface area contributed by atoms with Crippen molar-refractivity contribution < 1.29 is 9.53 Å². The first-order valence-corrected chi connectivity index (χ1v) is 9.28. The normalized spacial score (nSPS) is 19.5. The van der Waals surface area contributed by atoms with Gasteiger partial charge in [0.25, 0.3) is 0 Å². The second-order valence-corrected chi connectivity index (χ2v) is 7.41. The van der Waals surface area contributed by atoms with E-state index in [2.05, 4.69) is 41.0 Å². The van der Waals surface area contributed by atoms with Crippen LogP contribution < -0.4 is 15.4 Å². The van der Waals surface area contributed by atoms with Gasteiger partial charge in [-0.2, -0.15) is 0 Å². The van der Waals surface area contributed by atoms with Crippen LogP contribution in [0.2, 0.25) is 0 Å². The maximum Gasteiger partial charge on any atom is 0.228 e. The molecule has 0 spiro atoms. The summed E-state index contributed by atoms with van der Waals surface area (Å²) in [7, 11) is 1.69. The molecule has 138 valence electrons. The molecule has 0 aliphatic carbocycles. The van der Waals surface area contributed by atoms with Crippen molar-refractivity contribution in [3.63, 3.8) is 0 Å². The zero-order chi connectivity index (χ0) is 18.6. The third-order valence-electron chi connectivity index (χ3n) is 5.06. The Morgan fingerprint density at radius 2 is 1.92 bits per heavy atom. The molecule has 2 N–H and O–H groups in total. The van der Waals surface area contributed by atoms with E-state index in [-0.39, 0.29) is 17.4 Å². The molecule has 1 aliphatic rings. The van der Waals surface area contributed by atoms with Gasteiger partial charge in [0.15, 0.2) is 0 Å². The summed E-state index contributed by atoms with van der Waals surface area (Å²) in [5.74, 6) is 1.03. The molecule has 1 unspecified atom stereocenters. The average Bonchev–Trinajstić information content (AvgIpc) is 3.12. The zero-order valence-corrected chi connectivity index (χ0v) is 15.8. The molecule has 0 bridgehead atoms. The van der Waals surface area contributed by atoms with Crippen molar-refractivity contribution in [1.29, 1.82) is 0 Å². The minimum Gasteiger partial charge on any atom is -0.496 e. The van der Waals surface area contributed by atoms with Gasteiger partial charge in [-0.25, -0.2) is 0 Å². The molecular formula is C22H28N2O2. The predicted octanol–water partition coefficient (Wildman–Crippen LogP) is 3.41. The van der Waals surface area contributed by atoms with E-state index in [1.54, 1.807) is 7.11 Å². The maximum atomic E-state index is 12.8. The molecule has 2 aromatic carbocycles. The quantitative estimate of drug-likeness (QED) is 0.838. The van der Waals surface area contributed by atoms with Gasteiger partial charge in [-0.3, -0.25) is 4.79 Å². The van der Waals surface area contributed by atoms with E-state index in [4.69, 9.17) is 4.74 Å². The Morgan fingerprint density at radius 3 is 2.54 bits per heavy atom. The van der Waals surface area contributed by atoms with Crippen LogP contribution >= 0.6 is 0 Å². The Morgan fingerprint density at radius 1 is 1.19 bits per heavy atom. The van der Waals surface area contributed by atoms with Crippen molar-refractivity contribution in [2.75, 3.05) is 20.2 Å². The van der Waals surface area contributed by atoms with Crippen molar-refractivity contribution in [2.45, 2.75) is 32.7 Å². The molecule has 1 saturated heterocycles. The first-order valence-electron chi connectivity index (χ1n) is 9.28. The molecule has 3 rings (SSSR count). The number of hydrogen-bond acceptors (Lipinski definition) is 3. The van der Waals surface area contributed by atoms with Gasteiger partial charge in [0, 0.05) is 18.2 Å². The molecule has 4 nitrogen and oxygen atoms in total. The lowest BCUT2D eigenvalue weighted by atomic mass is 9.79. The van der Waals surface area contributed by atoms with Crippen molar-refractivity contribution in [1.82, 2.24) is 10.6 Å². The van der Waals surface area contributed by atoms with Crippen molar-refractivity contribution >= 4 is 5.91 Å². The monoisotopic (exact) mass is 352 g/mol. The third kappa shape index (κ3) is 3.91. The SMILES string of the molecule is COc1ccccc1-c1ccc(CC2(C(=O)NC(C)C)CCNC2)cc1. The summed E-state index contributed by atoms with van der Waals surface area (Å²) in [5.41, 5.74) is 3.04. The highest BCUT2D eigenvalue weighted by atomic mass is 16.5. The fourth-order valence-electron chi connectivity index (χ4n) is 3.66. The largest absolute Gasteiger partial charge is 0.496 e. The number of amides is 1. The lowest BCUT2D eigenvalue weighted by Gasteiger charge is -2.28. The Labute approximate surface area is 156 Å². The van der Waals surface area contributed by atoms with Crippen LogP contribution in [0.1, 0.15) is 25.8 Å². The molecule has 0 saturated carbocycles. The van der Waals surface area contributed by atoms with E-state index in [1.807, 2.05) is 32.0 Å². The average molecular weight is 352 g/mol. The van der Waals surface area contributed by atoms with Crippen molar-refractivity contribution in [2.24, 2.45) is 5.41 Å². The molecule has 4 heteroatoms. The van der Waals surface area contributed by atoms with Crippen LogP contribution in [-0.2, 0) is 11.2 Å². The number of carbonyl (C=O) groups is 1. The van der Waals surface area contributed by atoms with Crippen LogP contribution in [0, 0.1) is 5.41 Å². The molecule has 2 aromatic rings. The highest BCUT2D eigenvalue weighted by Crippen LogP contribution is 2.33. The summed E-state index contributed by atoms with van der Waals surface area (Å²) in [6.45, 7) is 5.65. The molecule has 1 heterocycles. The summed E-state index contributed by atoms with van der Waals surface area (Å²) >= 11 is 0. The number of methoxy groups -OCH3 is 1. The maximum absolute atomic E-state index is 12.8. The number of carbonyl (C=O) groups excluding carboxylic acids is 1. The predicted molar refractivity (Wildman–Crippen MR) is 105 cm³/mol. The van der Waals surface area contributed by atoms with E-state index < -0.39 is 0 Å². The Balaban J connectivity index is 1.80. The molecule has 1 aliphatic heterocycles. The number of nitrogens with one attached hydrogen (secondary N) is 2. The number of benzene rings is 2. The van der Waals surface area contributed by atoms with Crippen LogP contribution in [0.5, 0.6) is 5.75 Å². The van der Waals surface area contributed by atoms with Crippen molar-refractivity contribution in [3.05, 3.63) is 54.1 Å². The van der Waals surface area contributed by atoms with E-state index in [9.17, 15) is 4.79 Å². The second-order valence-electron chi connectivity index (χ2n) is 7.41. The lowest BCUT2D eigenvalue weighted by Crippen LogP contribution is -2.46. The van der Waals surface area contributed by atoms with Gasteiger partial charge in [0.05, 0.1) is 12.5 Å². The van der Waals surface area contributed by atoms with E-state index in [1.165, 1.54) is 5.56 Å². The van der Waals surface area contributed by atoms with E-state index in [0.717, 1.165) is 42.8 Å². The standard InChI is InChI=1S/C22H28N2O2/c1-16(2)24-21(25)22(12-13-23-15-22)14-17-8-10-18(11-9-17)19-6-4-5-7-20(19)26-3/h4-11,16,23H,12-15H2,1-3H3,(H,24,25). The Bertz CT molecular complexity index is 747. The molecule has 26 heavy (non-hydrogen) atoms. The summed E-state index contributed by atoms with van der Waals surface area (Å²) in [6, 6.07) is 16.7. The Kier molecular flexibility index (Phi) is 5.62. The first-order chi connectivity index (χ1) is 12.5. The second kappa shape index (κ2) is 7.92. The number of para-hydroxylation sites is 1. The number of ether oxygens (including phenoxy) is 1. The van der Waals surface area contributed by atoms with Gasteiger partial charge in [-0.15, -0.1) is 0 Å². The summed E-state index contributed by atoms with van der Waals surface area (Å²) in [5, 5.41) is 6.47. The van der Waals surface area contributed by atoms with Gasteiger partial charge < -0.3 is 15.4 Å². The smallest absolute Gasteiger partial charge is 0.228 e. The van der Waals surface area contributed by atoms with Gasteiger partial charge >= 0.3 is 0 Å². The molecule has 1 fully saturated rings. The summed E-state index contributed by atoms with van der Waals surface area (Å²) < 4.78 is 5.46. The molecule has 1 amide bonds. The van der Waals surface area contributed by atoms with Crippen LogP contribution in [0.15, 0.2) is 48.5 Å². The highest BCUT2D eigenvalue weighted by Gasteiger charge is 2.41. The topological polar surface area (TPSA) is 50.4 Å². The lowest BCUT2D eigenvalue weighted by molar-refractivity contribution is -0.130. The highest BCUT2D eigenvalue weighted by molar-refractivity contribution is 5.84. The van der Waals surface area contributed by atoms with E-state index in [0.29, 0.717) is 0 Å². The molecule has 0 radical (unpaired) electrons. The van der Waals surface area contributed by atoms with Crippen LogP contribution in [0.4, 0.5) is 0 Å². The van der Waals surface area contributed by atoms with Crippen LogP contribution in [0.25, 0.3) is 11.1 Å². The van der Waals surface area contributed by atoms with Gasteiger partial charge in [-0.1, -0.05) is 42.5 Å². The molecular weight excluding hydrogens is 324 g/mol.